The van der Waals surface area contributed by atoms with E-state index in [4.69, 9.17) is 9.47 Å². The summed E-state index contributed by atoms with van der Waals surface area (Å²) in [6, 6.07) is 9.60. The second kappa shape index (κ2) is 4.52. The van der Waals surface area contributed by atoms with Crippen molar-refractivity contribution in [2.75, 3.05) is 12.1 Å². The quantitative estimate of drug-likeness (QED) is 0.943. The van der Waals surface area contributed by atoms with Crippen molar-refractivity contribution in [2.24, 2.45) is 5.92 Å². The first-order valence-corrected chi connectivity index (χ1v) is 7.43. The Hall–Kier alpha value is -2.01. The molecular formula is C15H13NO3S. The maximum absolute atomic E-state index is 12.2. The van der Waals surface area contributed by atoms with Crippen molar-refractivity contribution in [1.82, 2.24) is 0 Å². The van der Waals surface area contributed by atoms with Gasteiger partial charge in [-0.2, -0.15) is 0 Å². The number of benzene rings is 1. The highest BCUT2D eigenvalue weighted by molar-refractivity contribution is 7.10. The summed E-state index contributed by atoms with van der Waals surface area (Å²) >= 11 is 1.72. The van der Waals surface area contributed by atoms with Crippen LogP contribution in [0.3, 0.4) is 0 Å². The molecule has 102 valence electrons. The molecule has 1 amide bonds. The minimum Gasteiger partial charge on any atom is -0.454 e. The van der Waals surface area contributed by atoms with Gasteiger partial charge in [-0.25, -0.2) is 0 Å². The SMILES string of the molecule is O=C(Nc1ccc2c(c1)OCO2)C1CC1c1cccs1. The minimum absolute atomic E-state index is 0.0854. The number of carbonyl (C=O) groups is 1. The highest BCUT2D eigenvalue weighted by atomic mass is 32.1. The predicted molar refractivity (Wildman–Crippen MR) is 76.4 cm³/mol. The molecule has 4 rings (SSSR count). The van der Waals surface area contributed by atoms with Gasteiger partial charge < -0.3 is 14.8 Å². The Morgan fingerprint density at radius 3 is 3.00 bits per heavy atom. The van der Waals surface area contributed by atoms with E-state index in [2.05, 4.69) is 16.8 Å². The molecule has 1 aliphatic carbocycles. The molecule has 1 saturated carbocycles. The summed E-state index contributed by atoms with van der Waals surface area (Å²) in [6.45, 7) is 0.246. The van der Waals surface area contributed by atoms with Crippen LogP contribution < -0.4 is 14.8 Å². The van der Waals surface area contributed by atoms with E-state index in [0.29, 0.717) is 11.7 Å². The van der Waals surface area contributed by atoms with Crippen LogP contribution in [0.1, 0.15) is 17.2 Å². The van der Waals surface area contributed by atoms with Crippen LogP contribution in [0.2, 0.25) is 0 Å². The van der Waals surface area contributed by atoms with Crippen LogP contribution >= 0.6 is 11.3 Å². The molecule has 2 aliphatic rings. The second-order valence-corrected chi connectivity index (χ2v) is 6.00. The summed E-state index contributed by atoms with van der Waals surface area (Å²) in [6.07, 6.45) is 0.941. The first-order chi connectivity index (χ1) is 9.81. The number of amides is 1. The minimum atomic E-state index is 0.0854. The zero-order valence-electron chi connectivity index (χ0n) is 10.7. The molecule has 1 aromatic heterocycles. The Labute approximate surface area is 120 Å². The largest absolute Gasteiger partial charge is 0.454 e. The zero-order chi connectivity index (χ0) is 13.5. The monoisotopic (exact) mass is 287 g/mol. The van der Waals surface area contributed by atoms with Crippen molar-refractivity contribution in [1.29, 1.82) is 0 Å². The van der Waals surface area contributed by atoms with E-state index in [1.807, 2.05) is 24.3 Å². The van der Waals surface area contributed by atoms with E-state index in [-0.39, 0.29) is 18.6 Å². The highest BCUT2D eigenvalue weighted by Crippen LogP contribution is 2.49. The van der Waals surface area contributed by atoms with Gasteiger partial charge in [0.1, 0.15) is 0 Å². The molecule has 4 nitrogen and oxygen atoms in total. The number of hydrogen-bond donors (Lipinski definition) is 1. The lowest BCUT2D eigenvalue weighted by Crippen LogP contribution is -2.14. The normalized spacial score (nSPS) is 22.6. The summed E-state index contributed by atoms with van der Waals surface area (Å²) < 4.78 is 10.6. The van der Waals surface area contributed by atoms with Crippen molar-refractivity contribution >= 4 is 22.9 Å². The van der Waals surface area contributed by atoms with E-state index < -0.39 is 0 Å². The summed E-state index contributed by atoms with van der Waals surface area (Å²) in [5.41, 5.74) is 0.760. The van der Waals surface area contributed by atoms with Gasteiger partial charge in [0.15, 0.2) is 11.5 Å². The first-order valence-electron chi connectivity index (χ1n) is 6.55. The molecule has 0 radical (unpaired) electrons. The van der Waals surface area contributed by atoms with E-state index in [9.17, 15) is 4.79 Å². The molecule has 2 heterocycles. The van der Waals surface area contributed by atoms with Crippen LogP contribution in [-0.4, -0.2) is 12.7 Å². The first kappa shape index (κ1) is 11.8. The van der Waals surface area contributed by atoms with Gasteiger partial charge in [-0.1, -0.05) is 6.07 Å². The van der Waals surface area contributed by atoms with Crippen molar-refractivity contribution in [2.45, 2.75) is 12.3 Å². The van der Waals surface area contributed by atoms with Crippen LogP contribution in [0.5, 0.6) is 11.5 Å². The van der Waals surface area contributed by atoms with Crippen molar-refractivity contribution in [3.05, 3.63) is 40.6 Å². The lowest BCUT2D eigenvalue weighted by atomic mass is 10.2. The standard InChI is InChI=1S/C15H13NO3S/c17-15(11-7-10(11)14-2-1-5-20-14)16-9-3-4-12-13(6-9)19-8-18-12/h1-6,10-11H,7-8H2,(H,16,17). The van der Waals surface area contributed by atoms with Crippen LogP contribution in [0.25, 0.3) is 0 Å². The highest BCUT2D eigenvalue weighted by Gasteiger charge is 2.44. The van der Waals surface area contributed by atoms with E-state index in [1.165, 1.54) is 4.88 Å². The summed E-state index contributed by atoms with van der Waals surface area (Å²) in [7, 11) is 0. The van der Waals surface area contributed by atoms with Gasteiger partial charge in [-0.05, 0) is 30.0 Å². The van der Waals surface area contributed by atoms with Crippen LogP contribution in [-0.2, 0) is 4.79 Å². The Bertz CT molecular complexity index is 653. The molecule has 0 spiro atoms. The van der Waals surface area contributed by atoms with Gasteiger partial charge in [0, 0.05) is 28.5 Å². The maximum Gasteiger partial charge on any atom is 0.231 e. The van der Waals surface area contributed by atoms with Crippen LogP contribution in [0, 0.1) is 5.92 Å². The summed E-state index contributed by atoms with van der Waals surface area (Å²) in [4.78, 5) is 13.5. The fraction of sp³-hybridized carbons (Fsp3) is 0.267. The zero-order valence-corrected chi connectivity index (χ0v) is 11.5. The van der Waals surface area contributed by atoms with Gasteiger partial charge in [0.05, 0.1) is 0 Å². The Morgan fingerprint density at radius 1 is 1.25 bits per heavy atom. The van der Waals surface area contributed by atoms with E-state index in [1.54, 1.807) is 11.3 Å². The predicted octanol–water partition coefficient (Wildman–Crippen LogP) is 3.22. The average Bonchev–Trinajstić information content (AvgIpc) is 2.89. The lowest BCUT2D eigenvalue weighted by Gasteiger charge is -2.05. The topological polar surface area (TPSA) is 47.6 Å². The number of anilines is 1. The molecule has 1 aliphatic heterocycles. The average molecular weight is 287 g/mol. The Kier molecular flexibility index (Phi) is 2.67. The molecule has 2 unspecified atom stereocenters. The fourth-order valence-electron chi connectivity index (χ4n) is 2.51. The third kappa shape index (κ3) is 2.04. The summed E-state index contributed by atoms with van der Waals surface area (Å²) in [5, 5.41) is 5.01. The third-order valence-electron chi connectivity index (χ3n) is 3.68. The molecule has 1 fully saturated rings. The van der Waals surface area contributed by atoms with E-state index in [0.717, 1.165) is 17.9 Å². The summed E-state index contributed by atoms with van der Waals surface area (Å²) in [5.74, 6) is 1.99. The van der Waals surface area contributed by atoms with Gasteiger partial charge in [-0.15, -0.1) is 11.3 Å². The second-order valence-electron chi connectivity index (χ2n) is 5.02. The molecular weight excluding hydrogens is 274 g/mol. The Morgan fingerprint density at radius 2 is 2.15 bits per heavy atom. The van der Waals surface area contributed by atoms with Crippen molar-refractivity contribution < 1.29 is 14.3 Å². The number of hydrogen-bond acceptors (Lipinski definition) is 4. The number of ether oxygens (including phenoxy) is 2. The van der Waals surface area contributed by atoms with Crippen molar-refractivity contribution in [3.8, 4) is 11.5 Å². The number of thiophene rings is 1. The molecule has 0 saturated heterocycles. The van der Waals surface area contributed by atoms with Gasteiger partial charge in [-0.3, -0.25) is 4.79 Å². The third-order valence-corrected chi connectivity index (χ3v) is 4.68. The molecule has 1 N–H and O–H groups in total. The molecule has 0 bridgehead atoms. The molecule has 1 aromatic carbocycles. The number of rotatable bonds is 3. The molecule has 2 atom stereocenters. The van der Waals surface area contributed by atoms with Crippen molar-refractivity contribution in [3.63, 3.8) is 0 Å². The van der Waals surface area contributed by atoms with Crippen LogP contribution in [0.4, 0.5) is 5.69 Å². The van der Waals surface area contributed by atoms with Gasteiger partial charge in [0.2, 0.25) is 12.7 Å². The Balaban J connectivity index is 1.44. The van der Waals surface area contributed by atoms with Gasteiger partial charge >= 0.3 is 0 Å². The number of carbonyl (C=O) groups excluding carboxylic acids is 1. The molecule has 5 heteroatoms. The maximum atomic E-state index is 12.2. The van der Waals surface area contributed by atoms with E-state index >= 15 is 0 Å². The lowest BCUT2D eigenvalue weighted by molar-refractivity contribution is -0.117. The molecule has 2 aromatic rings. The van der Waals surface area contributed by atoms with Gasteiger partial charge in [0.25, 0.3) is 0 Å². The molecule has 20 heavy (non-hydrogen) atoms. The fourth-order valence-corrected chi connectivity index (χ4v) is 3.42. The smallest absolute Gasteiger partial charge is 0.231 e. The number of nitrogens with one attached hydrogen (secondary N) is 1. The number of fused-ring (bicyclic) bond motifs is 1. The van der Waals surface area contributed by atoms with Crippen LogP contribution in [0.15, 0.2) is 35.7 Å².